The van der Waals surface area contributed by atoms with Crippen molar-refractivity contribution >= 4 is 11.7 Å². The predicted octanol–water partition coefficient (Wildman–Crippen LogP) is -0.0875. The molecule has 0 aromatic carbocycles. The van der Waals surface area contributed by atoms with Crippen LogP contribution in [0.1, 0.15) is 36.2 Å². The monoisotopic (exact) mass is 262 g/mol. The summed E-state index contributed by atoms with van der Waals surface area (Å²) in [4.78, 5) is 11.5. The molecule has 0 aliphatic carbocycles. The van der Waals surface area contributed by atoms with Crippen molar-refractivity contribution in [1.29, 1.82) is 0 Å². The minimum Gasteiger partial charge on any atom is -0.359 e. The fraction of sp³-hybridized carbons (Fsp3) is 0.400. The Morgan fingerprint density at radius 1 is 1.37 bits per heavy atom. The molecule has 2 heterocycles. The van der Waals surface area contributed by atoms with E-state index in [1.807, 2.05) is 13.8 Å². The van der Waals surface area contributed by atoms with Gasteiger partial charge in [0, 0.05) is 6.54 Å². The van der Waals surface area contributed by atoms with Crippen LogP contribution in [0.5, 0.6) is 0 Å². The third kappa shape index (κ3) is 3.21. The van der Waals surface area contributed by atoms with E-state index in [2.05, 4.69) is 41.5 Å². The van der Waals surface area contributed by atoms with Crippen molar-refractivity contribution in [2.75, 3.05) is 11.9 Å². The highest BCUT2D eigenvalue weighted by molar-refractivity contribution is 5.92. The molecule has 1 unspecified atom stereocenters. The molecule has 9 heteroatoms. The first-order valence-corrected chi connectivity index (χ1v) is 5.82. The number of amides is 1. The highest BCUT2D eigenvalue weighted by Gasteiger charge is 2.12. The van der Waals surface area contributed by atoms with E-state index >= 15 is 0 Å². The van der Waals surface area contributed by atoms with Crippen LogP contribution in [0.3, 0.4) is 0 Å². The van der Waals surface area contributed by atoms with Crippen LogP contribution >= 0.6 is 0 Å². The molecule has 0 fully saturated rings. The lowest BCUT2D eigenvalue weighted by Crippen LogP contribution is -2.24. The fourth-order valence-corrected chi connectivity index (χ4v) is 1.42. The number of carbonyl (C=O) groups is 1. The Kier molecular flexibility index (Phi) is 3.96. The number of carbonyl (C=O) groups excluding carboxylic acids is 1. The molecule has 2 aromatic rings. The van der Waals surface area contributed by atoms with Crippen LogP contribution in [0.4, 0.5) is 5.82 Å². The van der Waals surface area contributed by atoms with Gasteiger partial charge in [0.15, 0.2) is 11.5 Å². The second kappa shape index (κ2) is 5.85. The van der Waals surface area contributed by atoms with Gasteiger partial charge >= 0.3 is 0 Å². The van der Waals surface area contributed by atoms with E-state index in [-0.39, 0.29) is 17.6 Å². The van der Waals surface area contributed by atoms with E-state index in [1.165, 1.54) is 0 Å². The first-order chi connectivity index (χ1) is 9.20. The Balaban J connectivity index is 2.01. The quantitative estimate of drug-likeness (QED) is 0.688. The number of hydrogen-bond acceptors (Lipinski definition) is 7. The van der Waals surface area contributed by atoms with Crippen molar-refractivity contribution in [3.63, 3.8) is 0 Å². The molecule has 19 heavy (non-hydrogen) atoms. The second-order valence-corrected chi connectivity index (χ2v) is 3.80. The summed E-state index contributed by atoms with van der Waals surface area (Å²) in [7, 11) is 0. The molecule has 1 atom stereocenters. The van der Waals surface area contributed by atoms with Crippen LogP contribution in [-0.4, -0.2) is 43.3 Å². The van der Waals surface area contributed by atoms with Gasteiger partial charge in [-0.1, -0.05) is 5.21 Å². The molecular weight excluding hydrogens is 248 g/mol. The zero-order valence-electron chi connectivity index (χ0n) is 10.6. The number of tetrazole rings is 1. The van der Waals surface area contributed by atoms with Gasteiger partial charge in [0.1, 0.15) is 5.82 Å². The van der Waals surface area contributed by atoms with Crippen LogP contribution < -0.4 is 10.6 Å². The SMILES string of the molecule is CCNC(=O)c1ccc(NC(C)c2nn[nH]n2)nn1. The predicted molar refractivity (Wildman–Crippen MR) is 66.3 cm³/mol. The fourth-order valence-electron chi connectivity index (χ4n) is 1.42. The van der Waals surface area contributed by atoms with Crippen molar-refractivity contribution in [2.24, 2.45) is 0 Å². The molecule has 2 rings (SSSR count). The summed E-state index contributed by atoms with van der Waals surface area (Å²) < 4.78 is 0. The average Bonchev–Trinajstić information content (AvgIpc) is 2.94. The number of aromatic nitrogens is 6. The van der Waals surface area contributed by atoms with Gasteiger partial charge in [-0.15, -0.1) is 20.4 Å². The minimum absolute atomic E-state index is 0.164. The minimum atomic E-state index is -0.243. The Labute approximate surface area is 109 Å². The highest BCUT2D eigenvalue weighted by Crippen LogP contribution is 2.12. The van der Waals surface area contributed by atoms with Crippen LogP contribution in [-0.2, 0) is 0 Å². The maximum Gasteiger partial charge on any atom is 0.271 e. The van der Waals surface area contributed by atoms with Crippen LogP contribution in [0.2, 0.25) is 0 Å². The van der Waals surface area contributed by atoms with Crippen molar-refractivity contribution in [3.8, 4) is 0 Å². The van der Waals surface area contributed by atoms with Crippen molar-refractivity contribution in [3.05, 3.63) is 23.7 Å². The summed E-state index contributed by atoms with van der Waals surface area (Å²) >= 11 is 0. The normalized spacial score (nSPS) is 11.9. The second-order valence-electron chi connectivity index (χ2n) is 3.80. The van der Waals surface area contributed by atoms with Crippen LogP contribution in [0, 0.1) is 0 Å². The lowest BCUT2D eigenvalue weighted by atomic mass is 10.3. The van der Waals surface area contributed by atoms with E-state index in [1.54, 1.807) is 12.1 Å². The number of H-pyrrole nitrogens is 1. The number of nitrogens with one attached hydrogen (secondary N) is 3. The van der Waals surface area contributed by atoms with E-state index < -0.39 is 0 Å². The maximum atomic E-state index is 11.5. The maximum absolute atomic E-state index is 11.5. The third-order valence-electron chi connectivity index (χ3n) is 2.35. The smallest absolute Gasteiger partial charge is 0.271 e. The van der Waals surface area contributed by atoms with E-state index in [9.17, 15) is 4.79 Å². The zero-order chi connectivity index (χ0) is 13.7. The summed E-state index contributed by atoms with van der Waals surface area (Å²) in [5.41, 5.74) is 0.277. The lowest BCUT2D eigenvalue weighted by molar-refractivity contribution is 0.0950. The standard InChI is InChI=1S/C10H14N8O/c1-3-11-10(19)7-4-5-8(14-13-7)12-6(2)9-15-17-18-16-9/h4-6H,3H2,1-2H3,(H,11,19)(H,12,14)(H,15,16,17,18). The lowest BCUT2D eigenvalue weighted by Gasteiger charge is -2.09. The van der Waals surface area contributed by atoms with Gasteiger partial charge in [0.05, 0.1) is 6.04 Å². The summed E-state index contributed by atoms with van der Waals surface area (Å²) in [6, 6.07) is 3.11. The molecule has 100 valence electrons. The molecule has 0 saturated heterocycles. The zero-order valence-corrected chi connectivity index (χ0v) is 10.6. The van der Waals surface area contributed by atoms with E-state index in [4.69, 9.17) is 0 Å². The third-order valence-corrected chi connectivity index (χ3v) is 2.35. The molecule has 0 radical (unpaired) electrons. The Bertz CT molecular complexity index is 523. The molecule has 0 saturated carbocycles. The van der Waals surface area contributed by atoms with Crippen molar-refractivity contribution in [2.45, 2.75) is 19.9 Å². The van der Waals surface area contributed by atoms with Gasteiger partial charge in [-0.3, -0.25) is 4.79 Å². The summed E-state index contributed by atoms with van der Waals surface area (Å²) in [5.74, 6) is 0.813. The molecule has 1 amide bonds. The van der Waals surface area contributed by atoms with Gasteiger partial charge in [-0.25, -0.2) is 0 Å². The van der Waals surface area contributed by atoms with Gasteiger partial charge in [0.25, 0.3) is 5.91 Å². The number of hydrogen-bond donors (Lipinski definition) is 3. The number of nitrogens with zero attached hydrogens (tertiary/aromatic N) is 5. The first kappa shape index (κ1) is 12.9. The molecule has 9 nitrogen and oxygen atoms in total. The number of anilines is 1. The Morgan fingerprint density at radius 2 is 2.21 bits per heavy atom. The topological polar surface area (TPSA) is 121 Å². The van der Waals surface area contributed by atoms with Gasteiger partial charge in [-0.2, -0.15) is 5.21 Å². The molecule has 0 aliphatic heterocycles. The largest absolute Gasteiger partial charge is 0.359 e. The van der Waals surface area contributed by atoms with Gasteiger partial charge < -0.3 is 10.6 Å². The highest BCUT2D eigenvalue weighted by atomic mass is 16.1. The van der Waals surface area contributed by atoms with E-state index in [0.29, 0.717) is 18.2 Å². The summed E-state index contributed by atoms with van der Waals surface area (Å²) in [6.07, 6.45) is 0. The molecule has 3 N–H and O–H groups in total. The van der Waals surface area contributed by atoms with Crippen LogP contribution in [0.25, 0.3) is 0 Å². The molecular formula is C10H14N8O. The van der Waals surface area contributed by atoms with Gasteiger partial charge in [0.2, 0.25) is 0 Å². The number of rotatable bonds is 5. The first-order valence-electron chi connectivity index (χ1n) is 5.82. The number of aromatic amines is 1. The van der Waals surface area contributed by atoms with Crippen molar-refractivity contribution in [1.82, 2.24) is 36.1 Å². The molecule has 0 bridgehead atoms. The van der Waals surface area contributed by atoms with Gasteiger partial charge in [-0.05, 0) is 26.0 Å². The van der Waals surface area contributed by atoms with Crippen LogP contribution in [0.15, 0.2) is 12.1 Å². The molecule has 0 spiro atoms. The van der Waals surface area contributed by atoms with Crippen molar-refractivity contribution < 1.29 is 4.79 Å². The Morgan fingerprint density at radius 3 is 2.79 bits per heavy atom. The summed E-state index contributed by atoms with van der Waals surface area (Å²) in [6.45, 7) is 4.26. The summed E-state index contributed by atoms with van der Waals surface area (Å²) in [5, 5.41) is 27.0. The van der Waals surface area contributed by atoms with E-state index in [0.717, 1.165) is 0 Å². The Hall–Kier alpha value is -2.58. The average molecular weight is 262 g/mol. The molecule has 0 aliphatic rings. The molecule has 2 aromatic heterocycles.